The van der Waals surface area contributed by atoms with Crippen molar-refractivity contribution in [1.82, 2.24) is 5.32 Å². The molecule has 0 bridgehead atoms. The van der Waals surface area contributed by atoms with Crippen LogP contribution < -0.4 is 10.1 Å². The average molecular weight is 312 g/mol. The van der Waals surface area contributed by atoms with E-state index in [1.807, 2.05) is 18.2 Å². The molecular weight excluding hydrogens is 296 g/mol. The third-order valence-corrected chi connectivity index (χ3v) is 3.94. The number of carbonyl (C=O) groups is 1. The fourth-order valence-electron chi connectivity index (χ4n) is 2.77. The number of nitrogens with one attached hydrogen (secondary N) is 1. The van der Waals surface area contributed by atoms with Crippen molar-refractivity contribution in [2.24, 2.45) is 0 Å². The molecule has 0 spiro atoms. The molecule has 23 heavy (non-hydrogen) atoms. The van der Waals surface area contributed by atoms with Crippen LogP contribution in [0.25, 0.3) is 0 Å². The van der Waals surface area contributed by atoms with Crippen molar-refractivity contribution in [3.8, 4) is 11.5 Å². The molecule has 0 saturated carbocycles. The zero-order chi connectivity index (χ0) is 16.4. The summed E-state index contributed by atoms with van der Waals surface area (Å²) in [6, 6.07) is 9.94. The van der Waals surface area contributed by atoms with Crippen LogP contribution in [0.3, 0.4) is 0 Å². The number of ether oxygens (including phenoxy) is 1. The van der Waals surface area contributed by atoms with E-state index in [0.717, 1.165) is 19.3 Å². The van der Waals surface area contributed by atoms with Crippen LogP contribution in [0.5, 0.6) is 11.5 Å². The molecule has 0 atom stereocenters. The molecule has 0 heterocycles. The molecule has 1 N–H and O–H groups in total. The Balaban J connectivity index is 1.93. The van der Waals surface area contributed by atoms with E-state index in [4.69, 9.17) is 4.74 Å². The van der Waals surface area contributed by atoms with Gasteiger partial charge in [0.1, 0.15) is 5.75 Å². The van der Waals surface area contributed by atoms with Crippen molar-refractivity contribution in [3.05, 3.63) is 63.2 Å². The van der Waals surface area contributed by atoms with Crippen molar-refractivity contribution in [2.45, 2.75) is 19.3 Å². The van der Waals surface area contributed by atoms with Gasteiger partial charge in [-0.2, -0.15) is 0 Å². The van der Waals surface area contributed by atoms with Crippen molar-refractivity contribution < 1.29 is 14.5 Å². The highest BCUT2D eigenvalue weighted by molar-refractivity contribution is 5.95. The Hall–Kier alpha value is -2.89. The van der Waals surface area contributed by atoms with Crippen LogP contribution in [0.4, 0.5) is 5.69 Å². The summed E-state index contributed by atoms with van der Waals surface area (Å²) in [6.45, 7) is 0. The number of benzene rings is 2. The minimum Gasteiger partial charge on any atom is -0.450 e. The molecule has 0 unspecified atom stereocenters. The van der Waals surface area contributed by atoms with Crippen molar-refractivity contribution in [3.63, 3.8) is 0 Å². The molecule has 3 rings (SSSR count). The molecule has 2 aromatic carbocycles. The van der Waals surface area contributed by atoms with E-state index in [0.29, 0.717) is 5.75 Å². The van der Waals surface area contributed by atoms with Gasteiger partial charge in [-0.05, 0) is 54.7 Å². The summed E-state index contributed by atoms with van der Waals surface area (Å²) < 4.78 is 5.69. The molecule has 0 saturated heterocycles. The second kappa shape index (κ2) is 6.08. The highest BCUT2D eigenvalue weighted by Gasteiger charge is 2.20. The Kier molecular flexibility index (Phi) is 3.97. The third kappa shape index (κ3) is 3.01. The molecule has 0 aliphatic heterocycles. The number of nitrogens with zero attached hydrogens (tertiary/aromatic N) is 1. The Morgan fingerprint density at radius 3 is 2.70 bits per heavy atom. The minimum atomic E-state index is -0.546. The maximum absolute atomic E-state index is 11.6. The van der Waals surface area contributed by atoms with Crippen LogP contribution in [-0.2, 0) is 12.8 Å². The SMILES string of the molecule is CNC(=O)c1ccc(Oc2ccc3c(c2)CCC3)c([N+](=O)[O-])c1. The Morgan fingerprint density at radius 1 is 1.17 bits per heavy atom. The normalized spacial score (nSPS) is 12.6. The summed E-state index contributed by atoms with van der Waals surface area (Å²) in [6.07, 6.45) is 3.20. The second-order valence-corrected chi connectivity index (χ2v) is 5.40. The van der Waals surface area contributed by atoms with Gasteiger partial charge in [0.2, 0.25) is 5.75 Å². The molecule has 0 radical (unpaired) electrons. The van der Waals surface area contributed by atoms with E-state index >= 15 is 0 Å². The van der Waals surface area contributed by atoms with E-state index < -0.39 is 4.92 Å². The van der Waals surface area contributed by atoms with Gasteiger partial charge in [0, 0.05) is 18.7 Å². The first kappa shape index (κ1) is 15.0. The molecular formula is C17H16N2O4. The van der Waals surface area contributed by atoms with Gasteiger partial charge in [-0.3, -0.25) is 14.9 Å². The number of rotatable bonds is 4. The quantitative estimate of drug-likeness (QED) is 0.694. The monoisotopic (exact) mass is 312 g/mol. The lowest BCUT2D eigenvalue weighted by Gasteiger charge is -2.09. The van der Waals surface area contributed by atoms with Crippen LogP contribution >= 0.6 is 0 Å². The van der Waals surface area contributed by atoms with Crippen LogP contribution in [0.15, 0.2) is 36.4 Å². The number of hydrogen-bond donors (Lipinski definition) is 1. The van der Waals surface area contributed by atoms with Crippen molar-refractivity contribution in [1.29, 1.82) is 0 Å². The van der Waals surface area contributed by atoms with E-state index in [1.165, 1.54) is 36.4 Å². The zero-order valence-electron chi connectivity index (χ0n) is 12.7. The predicted molar refractivity (Wildman–Crippen MR) is 85.0 cm³/mol. The van der Waals surface area contributed by atoms with Gasteiger partial charge in [-0.15, -0.1) is 0 Å². The number of nitro benzene ring substituents is 1. The van der Waals surface area contributed by atoms with Crippen LogP contribution in [0, 0.1) is 10.1 Å². The molecule has 6 heteroatoms. The first-order chi connectivity index (χ1) is 11.1. The van der Waals surface area contributed by atoms with Gasteiger partial charge in [0.05, 0.1) is 4.92 Å². The average Bonchev–Trinajstić information content (AvgIpc) is 3.02. The highest BCUT2D eigenvalue weighted by Crippen LogP contribution is 2.34. The summed E-state index contributed by atoms with van der Waals surface area (Å²) in [5.74, 6) is 0.319. The van der Waals surface area contributed by atoms with Crippen LogP contribution in [0.2, 0.25) is 0 Å². The van der Waals surface area contributed by atoms with Crippen LogP contribution in [0.1, 0.15) is 27.9 Å². The van der Waals surface area contributed by atoms with Gasteiger partial charge in [0.25, 0.3) is 5.91 Å². The van der Waals surface area contributed by atoms with Gasteiger partial charge < -0.3 is 10.1 Å². The van der Waals surface area contributed by atoms with Gasteiger partial charge >= 0.3 is 5.69 Å². The van der Waals surface area contributed by atoms with E-state index in [-0.39, 0.29) is 22.9 Å². The number of aryl methyl sites for hydroxylation is 2. The van der Waals surface area contributed by atoms with Gasteiger partial charge in [-0.1, -0.05) is 6.07 Å². The Morgan fingerprint density at radius 2 is 1.96 bits per heavy atom. The fraction of sp³-hybridized carbons (Fsp3) is 0.235. The zero-order valence-corrected chi connectivity index (χ0v) is 12.7. The molecule has 1 aliphatic rings. The molecule has 1 aliphatic carbocycles. The molecule has 0 aromatic heterocycles. The number of hydrogen-bond acceptors (Lipinski definition) is 4. The second-order valence-electron chi connectivity index (χ2n) is 5.40. The number of amides is 1. The maximum Gasteiger partial charge on any atom is 0.312 e. The maximum atomic E-state index is 11.6. The Bertz CT molecular complexity index is 786. The van der Waals surface area contributed by atoms with E-state index in [9.17, 15) is 14.9 Å². The summed E-state index contributed by atoms with van der Waals surface area (Å²) in [4.78, 5) is 22.3. The molecule has 2 aromatic rings. The highest BCUT2D eigenvalue weighted by atomic mass is 16.6. The van der Waals surface area contributed by atoms with Gasteiger partial charge in [-0.25, -0.2) is 0 Å². The largest absolute Gasteiger partial charge is 0.450 e. The molecule has 118 valence electrons. The lowest BCUT2D eigenvalue weighted by atomic mass is 10.1. The van der Waals surface area contributed by atoms with Crippen LogP contribution in [-0.4, -0.2) is 17.9 Å². The minimum absolute atomic E-state index is 0.126. The first-order valence-electron chi connectivity index (χ1n) is 7.38. The summed E-state index contributed by atoms with van der Waals surface area (Å²) >= 11 is 0. The lowest BCUT2D eigenvalue weighted by Crippen LogP contribution is -2.17. The third-order valence-electron chi connectivity index (χ3n) is 3.94. The smallest absolute Gasteiger partial charge is 0.312 e. The number of carbonyl (C=O) groups excluding carboxylic acids is 1. The number of fused-ring (bicyclic) bond motifs is 1. The summed E-state index contributed by atoms with van der Waals surface area (Å²) in [5, 5.41) is 13.7. The number of nitro groups is 1. The fourth-order valence-corrected chi connectivity index (χ4v) is 2.77. The molecule has 1 amide bonds. The summed E-state index contributed by atoms with van der Waals surface area (Å²) in [5.41, 5.74) is 2.53. The standard InChI is InChI=1S/C17H16N2O4/c1-18-17(20)13-6-8-16(15(10-13)19(21)22)23-14-7-5-11-3-2-4-12(11)9-14/h5-10H,2-4H2,1H3,(H,18,20). The van der Waals surface area contributed by atoms with Gasteiger partial charge in [0.15, 0.2) is 0 Å². The summed E-state index contributed by atoms with van der Waals surface area (Å²) in [7, 11) is 1.48. The Labute approximate surface area is 133 Å². The van der Waals surface area contributed by atoms with E-state index in [1.54, 1.807) is 0 Å². The first-order valence-corrected chi connectivity index (χ1v) is 7.38. The topological polar surface area (TPSA) is 81.5 Å². The molecule has 6 nitrogen and oxygen atoms in total. The predicted octanol–water partition coefficient (Wildman–Crippen LogP) is 3.24. The van der Waals surface area contributed by atoms with Crippen molar-refractivity contribution in [2.75, 3.05) is 7.05 Å². The van der Waals surface area contributed by atoms with E-state index in [2.05, 4.69) is 5.32 Å². The van der Waals surface area contributed by atoms with Crippen molar-refractivity contribution >= 4 is 11.6 Å². The molecule has 0 fully saturated rings. The lowest BCUT2D eigenvalue weighted by molar-refractivity contribution is -0.385.